The highest BCUT2D eigenvalue weighted by atomic mass is 35.5. The Morgan fingerprint density at radius 1 is 1.19 bits per heavy atom. The molecule has 2 aromatic heterocycles. The third-order valence-corrected chi connectivity index (χ3v) is 7.52. The number of aromatic nitrogens is 1. The molecule has 0 saturated carbocycles. The van der Waals surface area contributed by atoms with Crippen LogP contribution in [0, 0.1) is 27.7 Å². The molecule has 13 heteroatoms. The van der Waals surface area contributed by atoms with Crippen LogP contribution in [0.5, 0.6) is 0 Å². The second-order valence-corrected chi connectivity index (χ2v) is 9.81. The number of aromatic carboxylic acids is 1. The van der Waals surface area contributed by atoms with Crippen molar-refractivity contribution in [3.63, 3.8) is 0 Å². The van der Waals surface area contributed by atoms with Crippen molar-refractivity contribution in [2.45, 2.75) is 32.6 Å². The number of nitrogens with zero attached hydrogens (tertiary/aromatic N) is 2. The van der Waals surface area contributed by atoms with E-state index < -0.39 is 22.1 Å². The van der Waals surface area contributed by atoms with Crippen LogP contribution in [-0.4, -0.2) is 35.9 Å². The number of hydrogen-bond donors (Lipinski definition) is 3. The summed E-state index contributed by atoms with van der Waals surface area (Å²) in [6, 6.07) is 2.77. The number of benzene rings is 1. The van der Waals surface area contributed by atoms with E-state index in [4.69, 9.17) is 16.1 Å². The number of aryl methyl sites for hydroxylation is 3. The number of halogens is 1. The van der Waals surface area contributed by atoms with Gasteiger partial charge in [-0.2, -0.15) is 0 Å². The molecule has 1 aromatic carbocycles. The van der Waals surface area contributed by atoms with E-state index in [1.54, 1.807) is 19.9 Å². The zero-order valence-corrected chi connectivity index (χ0v) is 19.6. The topological polar surface area (TPSA) is 150 Å². The van der Waals surface area contributed by atoms with Crippen LogP contribution in [0.2, 0.25) is 5.02 Å². The molecule has 3 rings (SSSR count). The Morgan fingerprint density at radius 3 is 2.38 bits per heavy atom. The Bertz CT molecular complexity index is 1350. The summed E-state index contributed by atoms with van der Waals surface area (Å²) in [4.78, 5) is 24.4. The molecule has 0 unspecified atom stereocenters. The van der Waals surface area contributed by atoms with E-state index >= 15 is 0 Å². The number of thiophene rings is 1. The van der Waals surface area contributed by atoms with Crippen molar-refractivity contribution in [3.8, 4) is 0 Å². The monoisotopic (exact) mass is 499 g/mol. The van der Waals surface area contributed by atoms with Gasteiger partial charge in [-0.05, 0) is 55.8 Å². The number of hydrogen-bond acceptors (Lipinski definition) is 7. The molecule has 0 spiro atoms. The molecule has 0 aliphatic heterocycles. The predicted octanol–water partition coefficient (Wildman–Crippen LogP) is 4.94. The molecule has 0 fully saturated rings. The van der Waals surface area contributed by atoms with Crippen LogP contribution in [0.1, 0.15) is 32.7 Å². The smallest absolute Gasteiger partial charge is 0.417 e. The number of carbonyl (C=O) groups is 2. The SMILES string of the molecule is Cc1cc(C)c(N(C(=O)O)c2sccc2S(=O)(=O)Nc2onc(C)c2Cl)c(C)c1C(=O)O. The normalized spacial score (nSPS) is 11.4. The minimum Gasteiger partial charge on any atom is -0.478 e. The lowest BCUT2D eigenvalue weighted by molar-refractivity contribution is 0.0695. The van der Waals surface area contributed by atoms with Crippen molar-refractivity contribution >= 4 is 61.6 Å². The fraction of sp³-hybridized carbons (Fsp3) is 0.211. The average molecular weight is 500 g/mol. The Labute approximate surface area is 192 Å². The summed E-state index contributed by atoms with van der Waals surface area (Å²) in [6.45, 7) is 6.22. The van der Waals surface area contributed by atoms with E-state index in [1.807, 2.05) is 0 Å². The molecule has 3 aromatic rings. The number of nitrogens with one attached hydrogen (secondary N) is 1. The zero-order valence-electron chi connectivity index (χ0n) is 17.3. The molecule has 0 atom stereocenters. The van der Waals surface area contributed by atoms with Gasteiger partial charge in [-0.3, -0.25) is 0 Å². The van der Waals surface area contributed by atoms with E-state index in [2.05, 4.69) is 9.88 Å². The van der Waals surface area contributed by atoms with E-state index in [-0.39, 0.29) is 43.3 Å². The van der Waals surface area contributed by atoms with E-state index in [9.17, 15) is 28.2 Å². The quantitative estimate of drug-likeness (QED) is 0.431. The first-order chi connectivity index (χ1) is 14.9. The Kier molecular flexibility index (Phi) is 6.22. The predicted molar refractivity (Wildman–Crippen MR) is 119 cm³/mol. The summed E-state index contributed by atoms with van der Waals surface area (Å²) in [5, 5.41) is 24.4. The van der Waals surface area contributed by atoms with Gasteiger partial charge in [-0.25, -0.2) is 27.6 Å². The first-order valence-corrected chi connectivity index (χ1v) is 11.7. The summed E-state index contributed by atoms with van der Waals surface area (Å²) in [5.41, 5.74) is 1.39. The molecular formula is C19H18ClN3O7S2. The molecule has 0 aliphatic carbocycles. The number of carboxylic acid groups (broad SMARTS) is 2. The molecular weight excluding hydrogens is 482 g/mol. The van der Waals surface area contributed by atoms with Gasteiger partial charge in [0.2, 0.25) is 0 Å². The summed E-state index contributed by atoms with van der Waals surface area (Å²) in [7, 11) is -4.34. The van der Waals surface area contributed by atoms with Crippen molar-refractivity contribution in [2.75, 3.05) is 9.62 Å². The Hall–Kier alpha value is -3.09. The summed E-state index contributed by atoms with van der Waals surface area (Å²) >= 11 is 6.85. The minimum atomic E-state index is -4.34. The fourth-order valence-corrected chi connectivity index (χ4v) is 5.97. The lowest BCUT2D eigenvalue weighted by Crippen LogP contribution is -2.27. The molecule has 0 radical (unpaired) electrons. The van der Waals surface area contributed by atoms with E-state index in [0.29, 0.717) is 11.1 Å². The Morgan fingerprint density at radius 2 is 1.84 bits per heavy atom. The maximum Gasteiger partial charge on any atom is 0.417 e. The van der Waals surface area contributed by atoms with Gasteiger partial charge < -0.3 is 14.7 Å². The molecule has 10 nitrogen and oxygen atoms in total. The van der Waals surface area contributed by atoms with Gasteiger partial charge in [0.05, 0.1) is 11.3 Å². The van der Waals surface area contributed by atoms with Crippen LogP contribution in [-0.2, 0) is 10.0 Å². The van der Waals surface area contributed by atoms with Crippen LogP contribution in [0.3, 0.4) is 0 Å². The number of anilines is 3. The first-order valence-electron chi connectivity index (χ1n) is 8.96. The molecule has 2 heterocycles. The van der Waals surface area contributed by atoms with Crippen molar-refractivity contribution in [2.24, 2.45) is 0 Å². The van der Waals surface area contributed by atoms with Crippen molar-refractivity contribution in [3.05, 3.63) is 50.5 Å². The van der Waals surface area contributed by atoms with Gasteiger partial charge in [-0.15, -0.1) is 11.3 Å². The molecule has 32 heavy (non-hydrogen) atoms. The van der Waals surface area contributed by atoms with Crippen LogP contribution in [0.4, 0.5) is 21.4 Å². The fourth-order valence-electron chi connectivity index (χ4n) is 3.39. The number of rotatable bonds is 6. The largest absolute Gasteiger partial charge is 0.478 e. The highest BCUT2D eigenvalue weighted by molar-refractivity contribution is 7.93. The molecule has 3 N–H and O–H groups in total. The second kappa shape index (κ2) is 8.45. The standard InChI is InChI=1S/C19H18ClN3O7S2/c1-8-7-9(2)15(10(3)13(8)18(24)25)23(19(26)27)17-12(5-6-31-17)32(28,29)22-16-14(20)11(4)21-30-16/h5-7,22H,1-4H3,(H,24,25)(H,26,27). The van der Waals surface area contributed by atoms with E-state index in [1.165, 1.54) is 25.3 Å². The molecule has 1 amide bonds. The highest BCUT2D eigenvalue weighted by Gasteiger charge is 2.32. The molecule has 0 saturated heterocycles. The van der Waals surface area contributed by atoms with Crippen molar-refractivity contribution < 1.29 is 32.7 Å². The Balaban J connectivity index is 2.19. The first kappa shape index (κ1) is 23.6. The van der Waals surface area contributed by atoms with Crippen LogP contribution in [0.15, 0.2) is 26.9 Å². The lowest BCUT2D eigenvalue weighted by Gasteiger charge is -2.25. The highest BCUT2D eigenvalue weighted by Crippen LogP contribution is 2.41. The summed E-state index contributed by atoms with van der Waals surface area (Å²) in [6.07, 6.45) is -1.48. The van der Waals surface area contributed by atoms with E-state index in [0.717, 1.165) is 16.2 Å². The maximum absolute atomic E-state index is 13.0. The average Bonchev–Trinajstić information content (AvgIpc) is 3.27. The maximum atomic E-state index is 13.0. The second-order valence-electron chi connectivity index (χ2n) is 6.89. The molecule has 0 bridgehead atoms. The number of carboxylic acids is 1. The minimum absolute atomic E-state index is 0.0308. The van der Waals surface area contributed by atoms with Gasteiger partial charge in [0.25, 0.3) is 15.9 Å². The van der Waals surface area contributed by atoms with Crippen molar-refractivity contribution in [1.29, 1.82) is 0 Å². The lowest BCUT2D eigenvalue weighted by atomic mass is 9.96. The third kappa shape index (κ3) is 4.04. The summed E-state index contributed by atoms with van der Waals surface area (Å²) in [5.74, 6) is -1.53. The van der Waals surface area contributed by atoms with Crippen LogP contribution >= 0.6 is 22.9 Å². The van der Waals surface area contributed by atoms with Gasteiger partial charge in [0.1, 0.15) is 20.6 Å². The summed E-state index contributed by atoms with van der Waals surface area (Å²) < 4.78 is 33.1. The van der Waals surface area contributed by atoms with Crippen LogP contribution < -0.4 is 9.62 Å². The van der Waals surface area contributed by atoms with Crippen LogP contribution in [0.25, 0.3) is 0 Å². The van der Waals surface area contributed by atoms with Gasteiger partial charge in [-0.1, -0.05) is 22.8 Å². The number of amides is 1. The van der Waals surface area contributed by atoms with Crippen molar-refractivity contribution in [1.82, 2.24) is 5.16 Å². The zero-order chi connectivity index (χ0) is 24.0. The molecule has 170 valence electrons. The molecule has 0 aliphatic rings. The number of sulfonamides is 1. The third-order valence-electron chi connectivity index (χ3n) is 4.68. The van der Waals surface area contributed by atoms with Gasteiger partial charge >= 0.3 is 12.1 Å². The van der Waals surface area contributed by atoms with Gasteiger partial charge in [0.15, 0.2) is 0 Å². The van der Waals surface area contributed by atoms with Gasteiger partial charge in [0, 0.05) is 0 Å².